The number of hydrogen-bond donors (Lipinski definition) is 0. The number of aromatic nitrogens is 1. The molecule has 0 aliphatic carbocycles. The third-order valence-corrected chi connectivity index (χ3v) is 7.70. The molecule has 0 spiro atoms. The Kier molecular flexibility index (Phi) is 8.34. The Balaban J connectivity index is 1.42. The van der Waals surface area contributed by atoms with Crippen molar-refractivity contribution in [1.82, 2.24) is 9.88 Å². The van der Waals surface area contributed by atoms with Gasteiger partial charge in [-0.3, -0.25) is 4.90 Å². The summed E-state index contributed by atoms with van der Waals surface area (Å²) in [6.45, 7) is 14.9. The lowest BCUT2D eigenvalue weighted by Crippen LogP contribution is -2.43. The van der Waals surface area contributed by atoms with E-state index in [1.807, 2.05) is 18.3 Å². The number of pyridine rings is 1. The van der Waals surface area contributed by atoms with Crippen LogP contribution in [-0.4, -0.2) is 55.3 Å². The molecule has 5 heteroatoms. The summed E-state index contributed by atoms with van der Waals surface area (Å²) >= 11 is 6.15. The maximum absolute atomic E-state index is 6.15. The molecule has 3 heterocycles. The molecule has 34 heavy (non-hydrogen) atoms. The molecule has 4 nitrogen and oxygen atoms in total. The van der Waals surface area contributed by atoms with E-state index in [2.05, 4.69) is 72.8 Å². The first-order valence-corrected chi connectivity index (χ1v) is 13.1. The second kappa shape index (κ2) is 11.2. The van der Waals surface area contributed by atoms with E-state index in [9.17, 15) is 0 Å². The van der Waals surface area contributed by atoms with Gasteiger partial charge in [0.2, 0.25) is 0 Å². The number of allylic oxidation sites excluding steroid dienone is 1. The maximum atomic E-state index is 6.15. The zero-order valence-electron chi connectivity index (χ0n) is 21.3. The molecular formula is C29H40ClN3O. The molecule has 0 bridgehead atoms. The van der Waals surface area contributed by atoms with Gasteiger partial charge in [0.05, 0.1) is 13.2 Å². The highest BCUT2D eigenvalue weighted by Gasteiger charge is 2.31. The van der Waals surface area contributed by atoms with Crippen molar-refractivity contribution in [2.24, 2.45) is 0 Å². The number of ether oxygens (including phenoxy) is 1. The first-order chi connectivity index (χ1) is 16.3. The molecule has 0 N–H and O–H groups in total. The predicted octanol–water partition coefficient (Wildman–Crippen LogP) is 6.45. The van der Waals surface area contributed by atoms with Gasteiger partial charge in [-0.1, -0.05) is 49.2 Å². The van der Waals surface area contributed by atoms with E-state index in [-0.39, 0.29) is 5.41 Å². The van der Waals surface area contributed by atoms with Gasteiger partial charge < -0.3 is 9.64 Å². The van der Waals surface area contributed by atoms with Crippen LogP contribution in [0.4, 0.5) is 5.82 Å². The SMILES string of the molecule is CC(C)=CC(CC(C)(C)c1ccc(Cl)cc1)N1CCC(c2ccnc(N3CCOCC3)c2)CC1. The Hall–Kier alpha value is -1.88. The second-order valence-corrected chi connectivity index (χ2v) is 11.2. The Morgan fingerprint density at radius 3 is 2.41 bits per heavy atom. The molecular weight excluding hydrogens is 442 g/mol. The third kappa shape index (κ3) is 6.41. The molecule has 1 aromatic heterocycles. The molecule has 2 fully saturated rings. The molecule has 2 aliphatic rings. The Labute approximate surface area is 211 Å². The monoisotopic (exact) mass is 481 g/mol. The number of hydrogen-bond acceptors (Lipinski definition) is 4. The minimum atomic E-state index is 0.0796. The van der Waals surface area contributed by atoms with E-state index in [0.717, 1.165) is 56.7 Å². The maximum Gasteiger partial charge on any atom is 0.128 e. The highest BCUT2D eigenvalue weighted by Crippen LogP contribution is 2.35. The standard InChI is InChI=1S/C29H40ClN3O/c1-22(2)19-27(21-29(3,4)25-5-7-26(30)8-6-25)32-13-10-23(11-14-32)24-9-12-31-28(20-24)33-15-17-34-18-16-33/h5-9,12,19-20,23,27H,10-11,13-18,21H2,1-4H3. The van der Waals surface area contributed by atoms with Crippen LogP contribution < -0.4 is 4.90 Å². The van der Waals surface area contributed by atoms with Gasteiger partial charge in [-0.15, -0.1) is 0 Å². The predicted molar refractivity (Wildman–Crippen MR) is 143 cm³/mol. The van der Waals surface area contributed by atoms with Crippen LogP contribution in [0.5, 0.6) is 0 Å². The van der Waals surface area contributed by atoms with E-state index in [4.69, 9.17) is 16.3 Å². The summed E-state index contributed by atoms with van der Waals surface area (Å²) in [5, 5.41) is 0.801. The first-order valence-electron chi connectivity index (χ1n) is 12.8. The van der Waals surface area contributed by atoms with Crippen molar-refractivity contribution >= 4 is 17.4 Å². The molecule has 1 aromatic carbocycles. The van der Waals surface area contributed by atoms with Crippen LogP contribution in [-0.2, 0) is 10.2 Å². The molecule has 0 amide bonds. The number of benzene rings is 1. The van der Waals surface area contributed by atoms with Crippen molar-refractivity contribution in [3.63, 3.8) is 0 Å². The smallest absolute Gasteiger partial charge is 0.128 e. The minimum Gasteiger partial charge on any atom is -0.378 e. The molecule has 2 saturated heterocycles. The van der Waals surface area contributed by atoms with Gasteiger partial charge in [-0.25, -0.2) is 4.98 Å². The van der Waals surface area contributed by atoms with Gasteiger partial charge in [0.15, 0.2) is 0 Å². The first kappa shape index (κ1) is 25.2. The van der Waals surface area contributed by atoms with Crippen LogP contribution in [0, 0.1) is 0 Å². The number of nitrogens with zero attached hydrogens (tertiary/aromatic N) is 3. The second-order valence-electron chi connectivity index (χ2n) is 10.8. The summed E-state index contributed by atoms with van der Waals surface area (Å²) < 4.78 is 5.51. The summed E-state index contributed by atoms with van der Waals surface area (Å²) in [6.07, 6.45) is 7.96. The fourth-order valence-electron chi connectivity index (χ4n) is 5.44. The molecule has 2 aromatic rings. The van der Waals surface area contributed by atoms with Crippen LogP contribution >= 0.6 is 11.6 Å². The van der Waals surface area contributed by atoms with E-state index >= 15 is 0 Å². The van der Waals surface area contributed by atoms with E-state index < -0.39 is 0 Å². The van der Waals surface area contributed by atoms with Gasteiger partial charge in [-0.05, 0) is 92.9 Å². The lowest BCUT2D eigenvalue weighted by atomic mass is 9.78. The van der Waals surface area contributed by atoms with Crippen molar-refractivity contribution in [3.8, 4) is 0 Å². The quantitative estimate of drug-likeness (QED) is 0.424. The summed E-state index contributed by atoms with van der Waals surface area (Å²) in [6, 6.07) is 13.4. The molecule has 4 rings (SSSR count). The molecule has 2 aliphatic heterocycles. The average Bonchev–Trinajstić information content (AvgIpc) is 2.84. The summed E-state index contributed by atoms with van der Waals surface area (Å²) in [7, 11) is 0. The Bertz CT molecular complexity index is 954. The van der Waals surface area contributed by atoms with Crippen LogP contribution in [0.3, 0.4) is 0 Å². The van der Waals surface area contributed by atoms with E-state index in [1.54, 1.807) is 0 Å². The fraction of sp³-hybridized carbons (Fsp3) is 0.552. The minimum absolute atomic E-state index is 0.0796. The molecule has 0 saturated carbocycles. The zero-order chi connectivity index (χ0) is 24.1. The number of morpholine rings is 1. The van der Waals surface area contributed by atoms with Crippen LogP contribution in [0.25, 0.3) is 0 Å². The van der Waals surface area contributed by atoms with Crippen LogP contribution in [0.2, 0.25) is 5.02 Å². The average molecular weight is 482 g/mol. The number of anilines is 1. The van der Waals surface area contributed by atoms with Crippen molar-refractivity contribution < 1.29 is 4.74 Å². The molecule has 1 unspecified atom stereocenters. The number of halogens is 1. The van der Waals surface area contributed by atoms with Crippen LogP contribution in [0.1, 0.15) is 64.0 Å². The Morgan fingerprint density at radius 1 is 1.09 bits per heavy atom. The number of piperidine rings is 1. The van der Waals surface area contributed by atoms with Crippen molar-refractivity contribution in [2.45, 2.75) is 64.3 Å². The zero-order valence-corrected chi connectivity index (χ0v) is 22.0. The summed E-state index contributed by atoms with van der Waals surface area (Å²) in [5.74, 6) is 1.71. The molecule has 184 valence electrons. The molecule has 0 radical (unpaired) electrons. The Morgan fingerprint density at radius 2 is 1.76 bits per heavy atom. The highest BCUT2D eigenvalue weighted by atomic mass is 35.5. The summed E-state index contributed by atoms with van der Waals surface area (Å²) in [5.41, 5.74) is 4.27. The largest absolute Gasteiger partial charge is 0.378 e. The van der Waals surface area contributed by atoms with Gasteiger partial charge in [-0.2, -0.15) is 0 Å². The van der Waals surface area contributed by atoms with E-state index in [1.165, 1.54) is 29.5 Å². The lowest BCUT2D eigenvalue weighted by Gasteiger charge is -2.40. The van der Waals surface area contributed by atoms with E-state index in [0.29, 0.717) is 12.0 Å². The van der Waals surface area contributed by atoms with Gasteiger partial charge in [0.25, 0.3) is 0 Å². The normalized spacial score (nSPS) is 19.1. The lowest BCUT2D eigenvalue weighted by molar-refractivity contribution is 0.122. The molecule has 1 atom stereocenters. The third-order valence-electron chi connectivity index (χ3n) is 7.45. The van der Waals surface area contributed by atoms with Crippen molar-refractivity contribution in [3.05, 3.63) is 70.4 Å². The van der Waals surface area contributed by atoms with Crippen molar-refractivity contribution in [2.75, 3.05) is 44.3 Å². The number of rotatable bonds is 7. The van der Waals surface area contributed by atoms with Gasteiger partial charge in [0, 0.05) is 30.4 Å². The van der Waals surface area contributed by atoms with Crippen LogP contribution in [0.15, 0.2) is 54.2 Å². The van der Waals surface area contributed by atoms with Gasteiger partial charge in [0.1, 0.15) is 5.82 Å². The number of likely N-dealkylation sites (tertiary alicyclic amines) is 1. The van der Waals surface area contributed by atoms with Crippen molar-refractivity contribution in [1.29, 1.82) is 0 Å². The van der Waals surface area contributed by atoms with Gasteiger partial charge >= 0.3 is 0 Å². The summed E-state index contributed by atoms with van der Waals surface area (Å²) in [4.78, 5) is 9.70. The highest BCUT2D eigenvalue weighted by molar-refractivity contribution is 6.30. The topological polar surface area (TPSA) is 28.6 Å². The fourth-order valence-corrected chi connectivity index (χ4v) is 5.56.